The Morgan fingerprint density at radius 3 is 2.52 bits per heavy atom. The second kappa shape index (κ2) is 8.15. The lowest BCUT2D eigenvalue weighted by atomic mass is 9.89. The highest BCUT2D eigenvalue weighted by Gasteiger charge is 2.26. The van der Waals surface area contributed by atoms with Crippen molar-refractivity contribution in [1.29, 1.82) is 0 Å². The van der Waals surface area contributed by atoms with Crippen LogP contribution in [0.25, 0.3) is 22.8 Å². The summed E-state index contributed by atoms with van der Waals surface area (Å²) < 4.78 is 29.8. The minimum atomic E-state index is -3.83. The quantitative estimate of drug-likeness (QED) is 0.440. The van der Waals surface area contributed by atoms with Crippen LogP contribution in [0.4, 0.5) is 0 Å². The summed E-state index contributed by atoms with van der Waals surface area (Å²) in [5.41, 5.74) is 3.09. The fraction of sp³-hybridized carbons (Fsp3) is 0.292. The number of hydrogen-bond acceptors (Lipinski definition) is 5. The molecule has 3 aromatic heterocycles. The number of hydrogen-bond donors (Lipinski definition) is 1. The maximum absolute atomic E-state index is 13.3. The summed E-state index contributed by atoms with van der Waals surface area (Å²) in [4.78, 5) is 20.5. The molecule has 0 radical (unpaired) electrons. The molecule has 3 heterocycles. The molecule has 0 saturated heterocycles. The van der Waals surface area contributed by atoms with E-state index >= 15 is 0 Å². The van der Waals surface area contributed by atoms with E-state index in [1.54, 1.807) is 36.5 Å². The molecule has 0 amide bonds. The molecule has 1 saturated carbocycles. The van der Waals surface area contributed by atoms with E-state index in [9.17, 15) is 13.2 Å². The van der Waals surface area contributed by atoms with Gasteiger partial charge in [0.25, 0.3) is 10.0 Å². The summed E-state index contributed by atoms with van der Waals surface area (Å²) in [5.74, 6) is -0.00625. The number of aryl methyl sites for hydroxylation is 1. The first-order valence-electron chi connectivity index (χ1n) is 11.0. The number of carboxylic acids is 1. The molecule has 1 aliphatic carbocycles. The zero-order chi connectivity index (χ0) is 23.2. The van der Waals surface area contributed by atoms with Gasteiger partial charge in [0.2, 0.25) is 0 Å². The molecule has 5 rings (SSSR count). The van der Waals surface area contributed by atoms with Gasteiger partial charge in [-0.25, -0.2) is 27.2 Å². The van der Waals surface area contributed by atoms with Crippen LogP contribution in [0, 0.1) is 6.92 Å². The molecule has 0 aliphatic heterocycles. The van der Waals surface area contributed by atoms with Crippen molar-refractivity contribution in [3.8, 4) is 0 Å². The number of rotatable bonds is 5. The van der Waals surface area contributed by atoms with Crippen LogP contribution in [0.2, 0.25) is 0 Å². The van der Waals surface area contributed by atoms with Crippen LogP contribution in [0.15, 0.2) is 53.7 Å². The maximum Gasteiger partial charge on any atom is 0.328 e. The number of carboxylic acid groups (broad SMARTS) is 1. The first kappa shape index (κ1) is 21.4. The van der Waals surface area contributed by atoms with Crippen LogP contribution < -0.4 is 0 Å². The monoisotopic (exact) mass is 464 g/mol. The number of aliphatic carboxylic acids is 1. The standard InChI is InChI=1S/C24H24N4O4S/c1-16-7-9-18(10-8-16)33(31,32)27-14-13-20-24(27)25-15-21-19(11-12-22(29)30)26-23(28(20)21)17-5-3-2-4-6-17/h7-15,17H,2-6H2,1H3,(H,29,30)/b12-11+. The van der Waals surface area contributed by atoms with Crippen molar-refractivity contribution >= 4 is 38.7 Å². The summed E-state index contributed by atoms with van der Waals surface area (Å²) in [6, 6.07) is 8.45. The van der Waals surface area contributed by atoms with E-state index < -0.39 is 16.0 Å². The van der Waals surface area contributed by atoms with Crippen molar-refractivity contribution in [3.05, 3.63) is 65.9 Å². The van der Waals surface area contributed by atoms with Crippen molar-refractivity contribution in [3.63, 3.8) is 0 Å². The Hall–Kier alpha value is -3.46. The lowest BCUT2D eigenvalue weighted by Gasteiger charge is -2.20. The normalized spacial score (nSPS) is 15.7. The van der Waals surface area contributed by atoms with Gasteiger partial charge in [-0.3, -0.25) is 4.40 Å². The Kier molecular flexibility index (Phi) is 5.28. The topological polar surface area (TPSA) is 107 Å². The third-order valence-corrected chi connectivity index (χ3v) is 7.94. The molecule has 4 aromatic rings. The second-order valence-corrected chi connectivity index (χ2v) is 10.3. The smallest absolute Gasteiger partial charge is 0.328 e. The molecule has 1 fully saturated rings. The van der Waals surface area contributed by atoms with Gasteiger partial charge in [-0.1, -0.05) is 37.0 Å². The molecule has 1 aromatic carbocycles. The SMILES string of the molecule is Cc1ccc(S(=O)(=O)n2ccc3c2ncc2c(/C=C/C(=O)O)nc(C4CCCCC4)n23)cc1. The zero-order valence-electron chi connectivity index (χ0n) is 18.2. The second-order valence-electron chi connectivity index (χ2n) is 8.48. The van der Waals surface area contributed by atoms with E-state index in [1.807, 2.05) is 11.3 Å². The fourth-order valence-corrected chi connectivity index (χ4v) is 5.88. The molecular formula is C24H24N4O4S. The van der Waals surface area contributed by atoms with Gasteiger partial charge >= 0.3 is 5.97 Å². The Bertz CT molecular complexity index is 1490. The molecule has 9 heteroatoms. The predicted octanol–water partition coefficient (Wildman–Crippen LogP) is 4.37. The molecule has 33 heavy (non-hydrogen) atoms. The molecule has 0 atom stereocenters. The van der Waals surface area contributed by atoms with Gasteiger partial charge in [-0.2, -0.15) is 0 Å². The highest BCUT2D eigenvalue weighted by molar-refractivity contribution is 7.90. The zero-order valence-corrected chi connectivity index (χ0v) is 19.0. The van der Waals surface area contributed by atoms with Crippen LogP contribution in [0.5, 0.6) is 0 Å². The van der Waals surface area contributed by atoms with E-state index in [-0.39, 0.29) is 10.8 Å². The number of nitrogens with zero attached hydrogens (tertiary/aromatic N) is 4. The molecular weight excluding hydrogens is 440 g/mol. The summed E-state index contributed by atoms with van der Waals surface area (Å²) in [5, 5.41) is 9.09. The van der Waals surface area contributed by atoms with Crippen molar-refractivity contribution in [2.45, 2.75) is 49.8 Å². The van der Waals surface area contributed by atoms with Crippen LogP contribution in [-0.2, 0) is 14.8 Å². The number of carbonyl (C=O) groups is 1. The largest absolute Gasteiger partial charge is 0.478 e. The Balaban J connectivity index is 1.73. The lowest BCUT2D eigenvalue weighted by Crippen LogP contribution is -2.13. The summed E-state index contributed by atoms with van der Waals surface area (Å²) in [7, 11) is -3.83. The molecule has 1 N–H and O–H groups in total. The van der Waals surface area contributed by atoms with Crippen LogP contribution in [-0.4, -0.2) is 37.8 Å². The lowest BCUT2D eigenvalue weighted by molar-refractivity contribution is -0.131. The van der Waals surface area contributed by atoms with Gasteiger partial charge in [0.15, 0.2) is 5.65 Å². The highest BCUT2D eigenvalue weighted by Crippen LogP contribution is 2.35. The first-order valence-corrected chi connectivity index (χ1v) is 12.4. The van der Waals surface area contributed by atoms with E-state index in [0.29, 0.717) is 22.4 Å². The summed E-state index contributed by atoms with van der Waals surface area (Å²) >= 11 is 0. The highest BCUT2D eigenvalue weighted by atomic mass is 32.2. The molecule has 0 bridgehead atoms. The average molecular weight is 465 g/mol. The van der Waals surface area contributed by atoms with Crippen molar-refractivity contribution in [2.24, 2.45) is 0 Å². The minimum absolute atomic E-state index is 0.190. The average Bonchev–Trinajstić information content (AvgIpc) is 3.40. The van der Waals surface area contributed by atoms with Gasteiger partial charge < -0.3 is 5.11 Å². The third-order valence-electron chi connectivity index (χ3n) is 6.26. The van der Waals surface area contributed by atoms with Crippen LogP contribution in [0.3, 0.4) is 0 Å². The van der Waals surface area contributed by atoms with E-state index in [1.165, 1.54) is 22.7 Å². The van der Waals surface area contributed by atoms with Crippen molar-refractivity contribution in [2.75, 3.05) is 0 Å². The van der Waals surface area contributed by atoms with Crippen LogP contribution in [0.1, 0.15) is 55.1 Å². The molecule has 8 nitrogen and oxygen atoms in total. The van der Waals surface area contributed by atoms with Gasteiger partial charge in [0.1, 0.15) is 5.82 Å². The van der Waals surface area contributed by atoms with Gasteiger partial charge in [0.05, 0.1) is 27.8 Å². The Morgan fingerprint density at radius 2 is 1.82 bits per heavy atom. The third kappa shape index (κ3) is 3.72. The number of benzene rings is 1. The minimum Gasteiger partial charge on any atom is -0.478 e. The number of imidazole rings is 1. The van der Waals surface area contributed by atoms with Gasteiger partial charge in [0, 0.05) is 18.2 Å². The van der Waals surface area contributed by atoms with Gasteiger partial charge in [-0.05, 0) is 44.0 Å². The van der Waals surface area contributed by atoms with Crippen molar-refractivity contribution < 1.29 is 18.3 Å². The van der Waals surface area contributed by atoms with Crippen LogP contribution >= 0.6 is 0 Å². The Labute approximate surface area is 191 Å². The fourth-order valence-electron chi connectivity index (χ4n) is 4.59. The van der Waals surface area contributed by atoms with E-state index in [0.717, 1.165) is 43.1 Å². The van der Waals surface area contributed by atoms with Gasteiger partial charge in [-0.15, -0.1) is 0 Å². The maximum atomic E-state index is 13.3. The number of fused-ring (bicyclic) bond motifs is 3. The predicted molar refractivity (Wildman–Crippen MR) is 125 cm³/mol. The Morgan fingerprint density at radius 1 is 1.09 bits per heavy atom. The number of aromatic nitrogens is 4. The molecule has 0 spiro atoms. The molecule has 1 aliphatic rings. The summed E-state index contributed by atoms with van der Waals surface area (Å²) in [6.45, 7) is 1.90. The summed E-state index contributed by atoms with van der Waals surface area (Å²) in [6.07, 6.45) is 11.0. The van der Waals surface area contributed by atoms with E-state index in [2.05, 4.69) is 4.98 Å². The first-order chi connectivity index (χ1) is 15.9. The van der Waals surface area contributed by atoms with Crippen molar-refractivity contribution in [1.82, 2.24) is 18.3 Å². The van der Waals surface area contributed by atoms with E-state index in [4.69, 9.17) is 10.1 Å². The molecule has 0 unspecified atom stereocenters. The molecule has 170 valence electrons.